The summed E-state index contributed by atoms with van der Waals surface area (Å²) < 4.78 is 2.39. The standard InChI is InChI=1S/C27H35N2/c1-7-8-13-18-29-23-17-12-10-15-21(23)27(4,5)25(29)19-24-26(2,3)20-14-9-11-16-22(20)28(24)6/h9-12,14-17,19H,7-8,13,18H2,1-6H3/q+1. The minimum atomic E-state index is -0.00170. The van der Waals surface area contributed by atoms with Gasteiger partial charge in [-0.15, -0.1) is 0 Å². The Bertz CT molecular complexity index is 991. The van der Waals surface area contributed by atoms with Crippen LogP contribution in [0.2, 0.25) is 0 Å². The number of rotatable bonds is 5. The maximum absolute atomic E-state index is 2.59. The molecular formula is C27H35N2+. The Hall–Kier alpha value is -2.35. The molecular weight excluding hydrogens is 352 g/mol. The van der Waals surface area contributed by atoms with Crippen molar-refractivity contribution in [2.24, 2.45) is 0 Å². The number of unbranched alkanes of at least 4 members (excludes halogenated alkanes) is 2. The fourth-order valence-electron chi connectivity index (χ4n) is 5.25. The summed E-state index contributed by atoms with van der Waals surface area (Å²) in [6.07, 6.45) is 6.25. The molecule has 0 spiro atoms. The van der Waals surface area contributed by atoms with E-state index in [1.54, 1.807) is 0 Å². The molecule has 0 saturated carbocycles. The quantitative estimate of drug-likeness (QED) is 0.416. The molecule has 2 aliphatic rings. The molecule has 2 aliphatic heterocycles. The molecule has 0 radical (unpaired) electrons. The van der Waals surface area contributed by atoms with Crippen LogP contribution < -0.4 is 4.90 Å². The zero-order chi connectivity index (χ0) is 20.8. The molecule has 152 valence electrons. The summed E-state index contributed by atoms with van der Waals surface area (Å²) >= 11 is 0. The van der Waals surface area contributed by atoms with Crippen molar-refractivity contribution in [2.75, 3.05) is 18.5 Å². The van der Waals surface area contributed by atoms with Gasteiger partial charge in [-0.2, -0.15) is 4.58 Å². The van der Waals surface area contributed by atoms with Crippen molar-refractivity contribution in [3.63, 3.8) is 0 Å². The minimum absolute atomic E-state index is 0.00149. The summed E-state index contributed by atoms with van der Waals surface area (Å²) in [5, 5.41) is 0. The number of nitrogens with zero attached hydrogens (tertiary/aromatic N) is 2. The maximum atomic E-state index is 2.59. The van der Waals surface area contributed by atoms with Gasteiger partial charge in [0.05, 0.1) is 5.41 Å². The van der Waals surface area contributed by atoms with E-state index in [2.05, 4.69) is 106 Å². The lowest BCUT2D eigenvalue weighted by atomic mass is 9.78. The molecule has 0 N–H and O–H groups in total. The highest BCUT2D eigenvalue weighted by atomic mass is 15.2. The first kappa shape index (κ1) is 19.9. The molecule has 0 bridgehead atoms. The van der Waals surface area contributed by atoms with Crippen LogP contribution in [-0.2, 0) is 10.8 Å². The topological polar surface area (TPSA) is 6.25 Å². The molecule has 4 rings (SSSR count). The lowest BCUT2D eigenvalue weighted by Crippen LogP contribution is -2.32. The van der Waals surface area contributed by atoms with Crippen LogP contribution >= 0.6 is 0 Å². The molecule has 2 aromatic rings. The molecule has 0 aromatic heterocycles. The number of para-hydroxylation sites is 2. The smallest absolute Gasteiger partial charge is 0.209 e. The molecule has 0 fully saturated rings. The molecule has 0 unspecified atom stereocenters. The van der Waals surface area contributed by atoms with E-state index in [0.29, 0.717) is 0 Å². The van der Waals surface area contributed by atoms with E-state index in [-0.39, 0.29) is 10.8 Å². The fourth-order valence-corrected chi connectivity index (χ4v) is 5.25. The summed E-state index contributed by atoms with van der Waals surface area (Å²) in [7, 11) is 2.22. The van der Waals surface area contributed by atoms with Crippen LogP contribution in [0, 0.1) is 0 Å². The highest BCUT2D eigenvalue weighted by molar-refractivity contribution is 6.04. The van der Waals surface area contributed by atoms with Crippen LogP contribution in [0.25, 0.3) is 0 Å². The third-order valence-corrected chi connectivity index (χ3v) is 7.00. The van der Waals surface area contributed by atoms with Crippen LogP contribution in [0.15, 0.2) is 60.3 Å². The normalized spacial score (nSPS) is 20.3. The Labute approximate surface area is 176 Å². The third-order valence-electron chi connectivity index (χ3n) is 7.00. The largest absolute Gasteiger partial charge is 0.344 e. The maximum Gasteiger partial charge on any atom is 0.209 e. The van der Waals surface area contributed by atoms with Gasteiger partial charge >= 0.3 is 0 Å². The second-order valence-electron chi connectivity index (χ2n) is 9.62. The van der Waals surface area contributed by atoms with Crippen molar-refractivity contribution in [3.05, 3.63) is 71.4 Å². The average molecular weight is 388 g/mol. The van der Waals surface area contributed by atoms with Crippen molar-refractivity contribution in [1.29, 1.82) is 0 Å². The summed E-state index contributed by atoms with van der Waals surface area (Å²) in [5.41, 5.74) is 8.39. The van der Waals surface area contributed by atoms with E-state index in [9.17, 15) is 0 Å². The van der Waals surface area contributed by atoms with Crippen molar-refractivity contribution < 1.29 is 4.58 Å². The van der Waals surface area contributed by atoms with E-state index in [1.165, 1.54) is 53.2 Å². The SMILES string of the molecule is CCCCCN1/C(=C/C2=[N+](C)c3ccccc3C2(C)C)C(C)(C)c2ccccc21. The van der Waals surface area contributed by atoms with Gasteiger partial charge in [0, 0.05) is 41.1 Å². The molecule has 0 atom stereocenters. The molecule has 29 heavy (non-hydrogen) atoms. The molecule has 0 aliphatic carbocycles. The number of fused-ring (bicyclic) bond motifs is 2. The predicted octanol–water partition coefficient (Wildman–Crippen LogP) is 6.56. The van der Waals surface area contributed by atoms with Gasteiger partial charge < -0.3 is 4.90 Å². The molecule has 0 saturated heterocycles. The van der Waals surface area contributed by atoms with Gasteiger partial charge in [-0.05, 0) is 31.9 Å². The van der Waals surface area contributed by atoms with E-state index in [0.717, 1.165) is 6.54 Å². The summed E-state index contributed by atoms with van der Waals surface area (Å²) in [6.45, 7) is 12.9. The zero-order valence-corrected chi connectivity index (χ0v) is 18.9. The van der Waals surface area contributed by atoms with Crippen molar-refractivity contribution in [3.8, 4) is 0 Å². The molecule has 0 amide bonds. The number of allylic oxidation sites excluding steroid dienone is 2. The zero-order valence-electron chi connectivity index (χ0n) is 18.9. The predicted molar refractivity (Wildman–Crippen MR) is 125 cm³/mol. The Morgan fingerprint density at radius 2 is 1.52 bits per heavy atom. The van der Waals surface area contributed by atoms with Crippen LogP contribution in [0.1, 0.15) is 65.0 Å². The summed E-state index contributed by atoms with van der Waals surface area (Å²) in [4.78, 5) is 2.59. The van der Waals surface area contributed by atoms with Crippen LogP contribution in [0.4, 0.5) is 11.4 Å². The fraction of sp³-hybridized carbons (Fsp3) is 0.444. The first-order valence-corrected chi connectivity index (χ1v) is 11.1. The average Bonchev–Trinajstić information content (AvgIpc) is 3.03. The summed E-state index contributed by atoms with van der Waals surface area (Å²) in [6, 6.07) is 17.8. The third kappa shape index (κ3) is 3.04. The number of benzene rings is 2. The van der Waals surface area contributed by atoms with E-state index < -0.39 is 0 Å². The van der Waals surface area contributed by atoms with E-state index in [4.69, 9.17) is 0 Å². The minimum Gasteiger partial charge on any atom is -0.344 e. The second-order valence-corrected chi connectivity index (χ2v) is 9.62. The molecule has 2 heteroatoms. The Morgan fingerprint density at radius 3 is 2.21 bits per heavy atom. The highest BCUT2D eigenvalue weighted by Gasteiger charge is 2.46. The first-order chi connectivity index (χ1) is 13.8. The van der Waals surface area contributed by atoms with Gasteiger partial charge in [0.2, 0.25) is 5.69 Å². The lowest BCUT2D eigenvalue weighted by molar-refractivity contribution is -0.401. The van der Waals surface area contributed by atoms with Gasteiger partial charge in [-0.3, -0.25) is 0 Å². The Balaban J connectivity index is 1.84. The number of hydrogen-bond acceptors (Lipinski definition) is 1. The van der Waals surface area contributed by atoms with Gasteiger partial charge in [0.15, 0.2) is 5.71 Å². The lowest BCUT2D eigenvalue weighted by Gasteiger charge is -2.28. The van der Waals surface area contributed by atoms with Gasteiger partial charge in [0.1, 0.15) is 7.05 Å². The van der Waals surface area contributed by atoms with Crippen LogP contribution in [0.3, 0.4) is 0 Å². The van der Waals surface area contributed by atoms with Gasteiger partial charge in [-0.25, -0.2) is 0 Å². The molecule has 2 heterocycles. The summed E-state index contributed by atoms with van der Waals surface area (Å²) in [5.74, 6) is 0. The molecule has 2 aromatic carbocycles. The second kappa shape index (κ2) is 7.16. The van der Waals surface area contributed by atoms with Gasteiger partial charge in [-0.1, -0.05) is 70.0 Å². The monoisotopic (exact) mass is 387 g/mol. The van der Waals surface area contributed by atoms with Gasteiger partial charge in [0.25, 0.3) is 0 Å². The van der Waals surface area contributed by atoms with E-state index >= 15 is 0 Å². The van der Waals surface area contributed by atoms with Crippen LogP contribution in [0.5, 0.6) is 0 Å². The van der Waals surface area contributed by atoms with Crippen molar-refractivity contribution >= 4 is 17.1 Å². The van der Waals surface area contributed by atoms with Crippen molar-refractivity contribution in [1.82, 2.24) is 0 Å². The Morgan fingerprint density at radius 1 is 0.862 bits per heavy atom. The highest BCUT2D eigenvalue weighted by Crippen LogP contribution is 2.49. The van der Waals surface area contributed by atoms with E-state index in [1.807, 2.05) is 0 Å². The Kier molecular flexibility index (Phi) is 4.93. The number of hydrogen-bond donors (Lipinski definition) is 0. The first-order valence-electron chi connectivity index (χ1n) is 11.1. The van der Waals surface area contributed by atoms with Crippen molar-refractivity contribution in [2.45, 2.75) is 64.7 Å². The molecule has 2 nitrogen and oxygen atoms in total. The number of anilines is 1. The van der Waals surface area contributed by atoms with Crippen LogP contribution in [-0.4, -0.2) is 23.9 Å².